The van der Waals surface area contributed by atoms with Gasteiger partial charge in [-0.25, -0.2) is 0 Å². The van der Waals surface area contributed by atoms with E-state index in [0.717, 1.165) is 0 Å². The van der Waals surface area contributed by atoms with Crippen LogP contribution in [0.3, 0.4) is 0 Å². The third-order valence-corrected chi connectivity index (χ3v) is 19.4. The van der Waals surface area contributed by atoms with Crippen molar-refractivity contribution in [3.8, 4) is 77.9 Å². The Balaban J connectivity index is 1.15. The highest BCUT2D eigenvalue weighted by molar-refractivity contribution is 7.04. The predicted octanol–water partition coefficient (Wildman–Crippen LogP) is 16.1. The highest BCUT2D eigenvalue weighted by atomic mass is 28.3. The van der Waals surface area contributed by atoms with E-state index >= 15 is 0 Å². The van der Waals surface area contributed by atoms with Gasteiger partial charge in [0.25, 0.3) is 0 Å². The number of benzene rings is 10. The summed E-state index contributed by atoms with van der Waals surface area (Å²) in [6.45, 7) is 14.7. The maximum absolute atomic E-state index is 2.65. The fourth-order valence-corrected chi connectivity index (χ4v) is 15.5. The zero-order valence-corrected chi connectivity index (χ0v) is 39.0. The molecule has 0 aromatic heterocycles. The van der Waals surface area contributed by atoms with E-state index in [1.54, 1.807) is 0 Å². The van der Waals surface area contributed by atoms with Crippen LogP contribution in [-0.4, -0.2) is 8.07 Å². The smallest absolute Gasteiger partial charge is 0.0623 e. The molecule has 0 saturated carbocycles. The lowest BCUT2D eigenvalue weighted by atomic mass is 9.79. The van der Waals surface area contributed by atoms with Crippen molar-refractivity contribution in [1.29, 1.82) is 0 Å². The molecule has 310 valence electrons. The van der Waals surface area contributed by atoms with Crippen molar-refractivity contribution in [1.82, 2.24) is 0 Å². The molecule has 10 aromatic rings. The Labute approximate surface area is 383 Å². The van der Waals surface area contributed by atoms with Crippen molar-refractivity contribution in [3.05, 3.63) is 216 Å². The first-order valence-corrected chi connectivity index (χ1v) is 26.3. The number of fused-ring (bicyclic) bond motifs is 11. The quantitative estimate of drug-likeness (QED) is 0.122. The molecule has 0 fully saturated rings. The molecular formula is C64H50Si. The van der Waals surface area contributed by atoms with Crippen molar-refractivity contribution in [2.24, 2.45) is 0 Å². The largest absolute Gasteiger partial charge is 0.113 e. The van der Waals surface area contributed by atoms with Crippen LogP contribution in [-0.2, 0) is 10.8 Å². The first-order valence-electron chi connectivity index (χ1n) is 23.3. The zero-order chi connectivity index (χ0) is 44.0. The van der Waals surface area contributed by atoms with Crippen LogP contribution in [0.1, 0.15) is 49.9 Å². The molecule has 0 atom stereocenters. The van der Waals surface area contributed by atoms with E-state index < -0.39 is 8.07 Å². The van der Waals surface area contributed by atoms with Crippen LogP contribution < -0.4 is 10.4 Å². The van der Waals surface area contributed by atoms with Gasteiger partial charge >= 0.3 is 0 Å². The minimum absolute atomic E-state index is 0.116. The Kier molecular flexibility index (Phi) is 7.97. The van der Waals surface area contributed by atoms with Gasteiger partial charge in [-0.1, -0.05) is 205 Å². The predicted molar refractivity (Wildman–Crippen MR) is 281 cm³/mol. The lowest BCUT2D eigenvalue weighted by molar-refractivity contribution is 0.660. The van der Waals surface area contributed by atoms with Crippen molar-refractivity contribution >= 4 is 40.0 Å². The molecule has 10 aromatic carbocycles. The van der Waals surface area contributed by atoms with Crippen molar-refractivity contribution < 1.29 is 0 Å². The molecule has 0 unspecified atom stereocenters. The SMILES string of the molecule is CC1(C)c2ccccc2-c2ccc(-c3c4ccc(-c5cccc(-c6ccccc6)c5)cc4c(-c4ccc5c(c4)C(C)(C)c4ccccc4-5)c4cc5c(cc34)-c3ccccc3[Si]5(C)C)cc21. The molecule has 1 heteroatoms. The van der Waals surface area contributed by atoms with Crippen LogP contribution in [0.25, 0.3) is 99.4 Å². The van der Waals surface area contributed by atoms with Gasteiger partial charge in [-0.2, -0.15) is 0 Å². The first kappa shape index (κ1) is 38.4. The lowest BCUT2D eigenvalue weighted by Gasteiger charge is -2.25. The molecule has 0 radical (unpaired) electrons. The van der Waals surface area contributed by atoms with Crippen molar-refractivity contribution in [3.63, 3.8) is 0 Å². The van der Waals surface area contributed by atoms with E-state index in [-0.39, 0.29) is 10.8 Å². The summed E-state index contributed by atoms with van der Waals surface area (Å²) >= 11 is 0. The van der Waals surface area contributed by atoms with E-state index in [4.69, 9.17) is 0 Å². The number of rotatable bonds is 4. The van der Waals surface area contributed by atoms with Crippen LogP contribution in [0.4, 0.5) is 0 Å². The van der Waals surface area contributed by atoms with Crippen LogP contribution in [0.15, 0.2) is 194 Å². The van der Waals surface area contributed by atoms with Crippen LogP contribution in [0.2, 0.25) is 13.1 Å². The van der Waals surface area contributed by atoms with E-state index in [2.05, 4.69) is 235 Å². The van der Waals surface area contributed by atoms with Gasteiger partial charge in [0.1, 0.15) is 8.07 Å². The van der Waals surface area contributed by atoms with Crippen LogP contribution >= 0.6 is 0 Å². The maximum atomic E-state index is 2.65. The molecule has 2 aliphatic carbocycles. The second-order valence-electron chi connectivity index (χ2n) is 20.4. The second-order valence-corrected chi connectivity index (χ2v) is 24.8. The standard InChI is InChI=1S/C64H50Si/c1-63(2)55-24-13-10-21-45(55)47-30-28-43(35-57(47)63)61-50-32-27-42(41-20-16-19-40(33-41)39-17-8-7-9-18-39)34-52(50)62(44-29-31-48-46-22-11-14-25-56(46)64(3,4)58(48)36-44)54-38-60-51(37-53(54)61)49-23-12-15-26-59(49)65(60,5)6/h7-38H,1-6H3. The maximum Gasteiger partial charge on any atom is 0.113 e. The Morgan fingerprint density at radius 2 is 0.738 bits per heavy atom. The summed E-state index contributed by atoms with van der Waals surface area (Å²) in [4.78, 5) is 0. The van der Waals surface area contributed by atoms with Crippen molar-refractivity contribution in [2.75, 3.05) is 0 Å². The minimum Gasteiger partial charge on any atom is -0.0623 e. The fourth-order valence-electron chi connectivity index (χ4n) is 12.5. The Morgan fingerprint density at radius 1 is 0.277 bits per heavy atom. The molecule has 0 N–H and O–H groups in total. The van der Waals surface area contributed by atoms with Gasteiger partial charge in [0, 0.05) is 10.8 Å². The molecule has 1 heterocycles. The van der Waals surface area contributed by atoms with Gasteiger partial charge in [-0.3, -0.25) is 0 Å². The van der Waals surface area contributed by atoms with E-state index in [9.17, 15) is 0 Å². The van der Waals surface area contributed by atoms with Crippen LogP contribution in [0.5, 0.6) is 0 Å². The van der Waals surface area contributed by atoms with Gasteiger partial charge in [-0.05, 0) is 162 Å². The van der Waals surface area contributed by atoms with E-state index in [1.807, 2.05) is 0 Å². The van der Waals surface area contributed by atoms with Crippen molar-refractivity contribution in [2.45, 2.75) is 51.6 Å². The van der Waals surface area contributed by atoms with Gasteiger partial charge in [0.15, 0.2) is 0 Å². The number of hydrogen-bond acceptors (Lipinski definition) is 0. The normalized spacial score (nSPS) is 15.3. The third-order valence-electron chi connectivity index (χ3n) is 15.9. The summed E-state index contributed by atoms with van der Waals surface area (Å²) in [5.41, 5.74) is 23.7. The topological polar surface area (TPSA) is 0 Å². The average Bonchev–Trinajstić information content (AvgIpc) is 3.81. The first-order chi connectivity index (χ1) is 31.5. The van der Waals surface area contributed by atoms with Crippen LogP contribution in [0, 0.1) is 0 Å². The summed E-state index contributed by atoms with van der Waals surface area (Å²) < 4.78 is 0. The van der Waals surface area contributed by atoms with Gasteiger partial charge in [0.05, 0.1) is 0 Å². The average molecular weight is 847 g/mol. The highest BCUT2D eigenvalue weighted by Gasteiger charge is 2.40. The highest BCUT2D eigenvalue weighted by Crippen LogP contribution is 2.54. The minimum atomic E-state index is -2.04. The van der Waals surface area contributed by atoms with Gasteiger partial charge in [-0.15, -0.1) is 0 Å². The zero-order valence-electron chi connectivity index (χ0n) is 38.0. The molecule has 13 rings (SSSR count). The van der Waals surface area contributed by atoms with E-state index in [1.165, 1.54) is 132 Å². The summed E-state index contributed by atoms with van der Waals surface area (Å²) in [5.74, 6) is 0. The Morgan fingerprint density at radius 3 is 1.38 bits per heavy atom. The second kappa shape index (κ2) is 13.5. The van der Waals surface area contributed by atoms with Gasteiger partial charge in [0.2, 0.25) is 0 Å². The monoisotopic (exact) mass is 846 g/mol. The lowest BCUT2D eigenvalue weighted by Crippen LogP contribution is -2.49. The molecule has 65 heavy (non-hydrogen) atoms. The number of hydrogen-bond donors (Lipinski definition) is 0. The summed E-state index contributed by atoms with van der Waals surface area (Å²) in [5, 5.41) is 8.31. The molecule has 0 nitrogen and oxygen atoms in total. The third kappa shape index (κ3) is 5.37. The van der Waals surface area contributed by atoms with Gasteiger partial charge < -0.3 is 0 Å². The fraction of sp³-hybridized carbons (Fsp3) is 0.125. The Hall–Kier alpha value is -7.06. The molecule has 3 aliphatic rings. The molecule has 0 saturated heterocycles. The molecule has 1 aliphatic heterocycles. The Bertz CT molecular complexity index is 3670. The molecule has 0 spiro atoms. The van der Waals surface area contributed by atoms with E-state index in [0.29, 0.717) is 0 Å². The summed E-state index contributed by atoms with van der Waals surface area (Å²) in [6, 6.07) is 74.5. The molecular weight excluding hydrogens is 797 g/mol. The summed E-state index contributed by atoms with van der Waals surface area (Å²) in [6.07, 6.45) is 0. The molecule has 0 bridgehead atoms. The molecule has 0 amide bonds. The summed E-state index contributed by atoms with van der Waals surface area (Å²) in [7, 11) is -2.04.